The number of hydrogen-bond donors (Lipinski definition) is 2. The lowest BCUT2D eigenvalue weighted by molar-refractivity contribution is -0.120. The molecule has 1 aromatic heterocycles. The smallest absolute Gasteiger partial charge is 0.229 e. The van der Waals surface area contributed by atoms with Gasteiger partial charge in [-0.25, -0.2) is 4.98 Å². The minimum absolute atomic E-state index is 0.0708. The van der Waals surface area contributed by atoms with Crippen LogP contribution in [-0.2, 0) is 4.79 Å². The monoisotopic (exact) mass is 254 g/mol. The maximum atomic E-state index is 12.0. The second kappa shape index (κ2) is 5.14. The Hall–Kier alpha value is -0.940. The molecule has 1 heterocycles. The largest absolute Gasteiger partial charge is 0.387 e. The van der Waals surface area contributed by atoms with Crippen molar-refractivity contribution in [2.45, 2.75) is 39.2 Å². The van der Waals surface area contributed by atoms with Crippen molar-refractivity contribution < 1.29 is 9.90 Å². The van der Waals surface area contributed by atoms with Gasteiger partial charge in [0, 0.05) is 11.3 Å². The van der Waals surface area contributed by atoms with Crippen molar-refractivity contribution in [1.82, 2.24) is 4.98 Å². The lowest BCUT2D eigenvalue weighted by Crippen LogP contribution is -2.24. The summed E-state index contributed by atoms with van der Waals surface area (Å²) in [5.41, 5.74) is 0.616. The molecule has 0 spiro atoms. The second-order valence-corrected chi connectivity index (χ2v) is 5.62. The summed E-state index contributed by atoms with van der Waals surface area (Å²) in [4.78, 5) is 16.2. The molecule has 0 aromatic carbocycles. The first-order chi connectivity index (χ1) is 8.08. The zero-order chi connectivity index (χ0) is 12.4. The van der Waals surface area contributed by atoms with E-state index in [0.29, 0.717) is 16.7 Å². The van der Waals surface area contributed by atoms with Gasteiger partial charge >= 0.3 is 0 Å². The van der Waals surface area contributed by atoms with Crippen LogP contribution in [0.2, 0.25) is 0 Å². The molecule has 1 aliphatic carbocycles. The first kappa shape index (κ1) is 12.5. The highest BCUT2D eigenvalue weighted by Crippen LogP contribution is 2.32. The van der Waals surface area contributed by atoms with E-state index >= 15 is 0 Å². The standard InChI is InChI=1S/C12H18N2O2S/c1-7-4-3-5-9(7)11(16)14-12-13-10(6-17-12)8(2)15/h6-9,15H,3-5H2,1-2H3,(H,13,14,16). The average molecular weight is 254 g/mol. The van der Waals surface area contributed by atoms with Gasteiger partial charge in [-0.3, -0.25) is 4.79 Å². The zero-order valence-corrected chi connectivity index (χ0v) is 11.0. The SMILES string of the molecule is CC(O)c1csc(NC(=O)C2CCCC2C)n1. The van der Waals surface area contributed by atoms with Crippen LogP contribution < -0.4 is 5.32 Å². The van der Waals surface area contributed by atoms with E-state index in [1.165, 1.54) is 11.3 Å². The number of carbonyl (C=O) groups excluding carboxylic acids is 1. The molecule has 3 unspecified atom stereocenters. The van der Waals surface area contributed by atoms with Gasteiger partial charge in [-0.15, -0.1) is 11.3 Å². The fourth-order valence-electron chi connectivity index (χ4n) is 2.27. The van der Waals surface area contributed by atoms with E-state index in [4.69, 9.17) is 0 Å². The molecule has 94 valence electrons. The third-order valence-corrected chi connectivity index (χ3v) is 4.15. The number of carbonyl (C=O) groups is 1. The van der Waals surface area contributed by atoms with E-state index in [1.54, 1.807) is 12.3 Å². The quantitative estimate of drug-likeness (QED) is 0.871. The molecule has 0 saturated heterocycles. The summed E-state index contributed by atoms with van der Waals surface area (Å²) in [5, 5.41) is 14.6. The van der Waals surface area contributed by atoms with Gasteiger partial charge in [-0.2, -0.15) is 0 Å². The Balaban J connectivity index is 1.97. The molecule has 1 aromatic rings. The zero-order valence-electron chi connectivity index (χ0n) is 10.1. The number of rotatable bonds is 3. The van der Waals surface area contributed by atoms with E-state index in [9.17, 15) is 9.90 Å². The predicted molar refractivity (Wildman–Crippen MR) is 67.9 cm³/mol. The minimum Gasteiger partial charge on any atom is -0.387 e. The van der Waals surface area contributed by atoms with Crippen molar-refractivity contribution in [3.63, 3.8) is 0 Å². The molecule has 2 rings (SSSR count). The summed E-state index contributed by atoms with van der Waals surface area (Å²) >= 11 is 1.36. The molecule has 0 radical (unpaired) electrons. The van der Waals surface area contributed by atoms with E-state index in [2.05, 4.69) is 17.2 Å². The normalized spacial score (nSPS) is 25.8. The molecule has 1 amide bonds. The molecule has 0 bridgehead atoms. The third-order valence-electron chi connectivity index (χ3n) is 3.38. The van der Waals surface area contributed by atoms with Crippen LogP contribution in [0.1, 0.15) is 44.9 Å². The van der Waals surface area contributed by atoms with Gasteiger partial charge in [0.05, 0.1) is 11.8 Å². The molecule has 1 saturated carbocycles. The Morgan fingerprint density at radius 3 is 2.94 bits per heavy atom. The van der Waals surface area contributed by atoms with E-state index in [1.807, 2.05) is 0 Å². The molecule has 2 N–H and O–H groups in total. The summed E-state index contributed by atoms with van der Waals surface area (Å²) in [7, 11) is 0. The summed E-state index contributed by atoms with van der Waals surface area (Å²) in [5.74, 6) is 0.654. The highest BCUT2D eigenvalue weighted by atomic mass is 32.1. The topological polar surface area (TPSA) is 62.2 Å². The van der Waals surface area contributed by atoms with Crippen LogP contribution in [-0.4, -0.2) is 16.0 Å². The molecule has 1 aliphatic rings. The number of thiazole rings is 1. The first-order valence-electron chi connectivity index (χ1n) is 6.02. The van der Waals surface area contributed by atoms with E-state index in [0.717, 1.165) is 19.3 Å². The van der Waals surface area contributed by atoms with Gasteiger partial charge in [-0.1, -0.05) is 13.3 Å². The number of nitrogens with one attached hydrogen (secondary N) is 1. The highest BCUT2D eigenvalue weighted by molar-refractivity contribution is 7.13. The van der Waals surface area contributed by atoms with Crippen LogP contribution in [0, 0.1) is 11.8 Å². The summed E-state index contributed by atoms with van der Waals surface area (Å²) in [6.07, 6.45) is 2.66. The number of aliphatic hydroxyl groups excluding tert-OH is 1. The van der Waals surface area contributed by atoms with Crippen LogP contribution >= 0.6 is 11.3 Å². The molecule has 0 aliphatic heterocycles. The molecular formula is C12H18N2O2S. The summed E-state index contributed by atoms with van der Waals surface area (Å²) < 4.78 is 0. The summed E-state index contributed by atoms with van der Waals surface area (Å²) in [6.45, 7) is 3.79. The molecule has 4 nitrogen and oxygen atoms in total. The third kappa shape index (κ3) is 2.84. The predicted octanol–water partition coefficient (Wildman–Crippen LogP) is 2.57. The fourth-order valence-corrected chi connectivity index (χ4v) is 3.07. The molecule has 17 heavy (non-hydrogen) atoms. The highest BCUT2D eigenvalue weighted by Gasteiger charge is 2.30. The number of aliphatic hydroxyl groups is 1. The van der Waals surface area contributed by atoms with E-state index in [-0.39, 0.29) is 11.8 Å². The van der Waals surface area contributed by atoms with Crippen molar-refractivity contribution in [2.24, 2.45) is 11.8 Å². The van der Waals surface area contributed by atoms with Gasteiger partial charge in [0.2, 0.25) is 5.91 Å². The van der Waals surface area contributed by atoms with E-state index < -0.39 is 6.10 Å². The Bertz CT molecular complexity index is 403. The van der Waals surface area contributed by atoms with Crippen molar-refractivity contribution in [3.05, 3.63) is 11.1 Å². The van der Waals surface area contributed by atoms with Crippen LogP contribution in [0.25, 0.3) is 0 Å². The lowest BCUT2D eigenvalue weighted by Gasteiger charge is -2.13. The number of amides is 1. The minimum atomic E-state index is -0.581. The molecule has 3 atom stereocenters. The van der Waals surface area contributed by atoms with Crippen LogP contribution in [0.3, 0.4) is 0 Å². The Morgan fingerprint density at radius 2 is 2.41 bits per heavy atom. The average Bonchev–Trinajstić information content (AvgIpc) is 2.86. The van der Waals surface area contributed by atoms with Crippen LogP contribution in [0.15, 0.2) is 5.38 Å². The van der Waals surface area contributed by atoms with Gasteiger partial charge < -0.3 is 10.4 Å². The van der Waals surface area contributed by atoms with Crippen molar-refractivity contribution in [1.29, 1.82) is 0 Å². The molecule has 1 fully saturated rings. The Labute approximate surface area is 105 Å². The van der Waals surface area contributed by atoms with Crippen LogP contribution in [0.4, 0.5) is 5.13 Å². The maximum absolute atomic E-state index is 12.0. The second-order valence-electron chi connectivity index (χ2n) is 4.76. The van der Waals surface area contributed by atoms with Gasteiger partial charge in [0.1, 0.15) is 0 Å². The number of nitrogens with zero attached hydrogens (tertiary/aromatic N) is 1. The van der Waals surface area contributed by atoms with Gasteiger partial charge in [0.25, 0.3) is 0 Å². The fraction of sp³-hybridized carbons (Fsp3) is 0.667. The first-order valence-corrected chi connectivity index (χ1v) is 6.90. The van der Waals surface area contributed by atoms with Crippen LogP contribution in [0.5, 0.6) is 0 Å². The number of aromatic nitrogens is 1. The van der Waals surface area contributed by atoms with Gasteiger partial charge in [-0.05, 0) is 25.7 Å². The number of anilines is 1. The summed E-state index contributed by atoms with van der Waals surface area (Å²) in [6, 6.07) is 0. The van der Waals surface area contributed by atoms with Crippen molar-refractivity contribution >= 4 is 22.4 Å². The molecule has 5 heteroatoms. The maximum Gasteiger partial charge on any atom is 0.229 e. The van der Waals surface area contributed by atoms with Gasteiger partial charge in [0.15, 0.2) is 5.13 Å². The Morgan fingerprint density at radius 1 is 1.65 bits per heavy atom. The lowest BCUT2D eigenvalue weighted by atomic mass is 9.97. The number of hydrogen-bond acceptors (Lipinski definition) is 4. The van der Waals surface area contributed by atoms with Crippen molar-refractivity contribution in [3.8, 4) is 0 Å². The molecular weight excluding hydrogens is 236 g/mol. The van der Waals surface area contributed by atoms with Crippen molar-refractivity contribution in [2.75, 3.05) is 5.32 Å². The Kier molecular flexibility index (Phi) is 3.79.